The van der Waals surface area contributed by atoms with Gasteiger partial charge in [0, 0.05) is 12.4 Å². The van der Waals surface area contributed by atoms with Crippen LogP contribution in [-0.4, -0.2) is 30.4 Å². The molecule has 1 rings (SSSR count). The normalized spacial score (nSPS) is 26.2. The van der Waals surface area contributed by atoms with Crippen LogP contribution in [0.5, 0.6) is 0 Å². The van der Waals surface area contributed by atoms with E-state index in [1.165, 1.54) is 38.9 Å². The fraction of sp³-hybridized carbons (Fsp3) is 1.00. The molecule has 1 unspecified atom stereocenters. The Bertz CT molecular complexity index is 106. The molecular weight excluding hydrogens is 158 g/mol. The van der Waals surface area contributed by atoms with Crippen molar-refractivity contribution >= 4 is 11.6 Å². The molecule has 1 atom stereocenters. The van der Waals surface area contributed by atoms with E-state index < -0.39 is 0 Å². The van der Waals surface area contributed by atoms with Crippen molar-refractivity contribution in [2.24, 2.45) is 5.92 Å². The third-order valence-corrected chi connectivity index (χ3v) is 2.63. The molecule has 0 spiro atoms. The van der Waals surface area contributed by atoms with Crippen molar-refractivity contribution in [2.45, 2.75) is 26.2 Å². The second kappa shape index (κ2) is 5.00. The van der Waals surface area contributed by atoms with Gasteiger partial charge in [0.05, 0.1) is 0 Å². The van der Waals surface area contributed by atoms with Crippen molar-refractivity contribution in [1.82, 2.24) is 4.90 Å². The maximum absolute atomic E-state index is 5.60. The lowest BCUT2D eigenvalue weighted by Crippen LogP contribution is -2.21. The molecule has 0 saturated carbocycles. The van der Waals surface area contributed by atoms with E-state index in [2.05, 4.69) is 11.8 Å². The Balaban J connectivity index is 1.99. The number of hydrogen-bond donors (Lipinski definition) is 0. The second-order valence-corrected chi connectivity index (χ2v) is 3.97. The van der Waals surface area contributed by atoms with Crippen LogP contribution in [0.15, 0.2) is 0 Å². The van der Waals surface area contributed by atoms with Crippen LogP contribution in [0.3, 0.4) is 0 Å². The van der Waals surface area contributed by atoms with Crippen molar-refractivity contribution in [3.05, 3.63) is 0 Å². The van der Waals surface area contributed by atoms with Gasteiger partial charge in [0.25, 0.3) is 0 Å². The van der Waals surface area contributed by atoms with Gasteiger partial charge in [-0.2, -0.15) is 0 Å². The molecule has 0 aromatic carbocycles. The Morgan fingerprint density at radius 3 is 2.82 bits per heavy atom. The summed E-state index contributed by atoms with van der Waals surface area (Å²) in [5.41, 5.74) is 0. The van der Waals surface area contributed by atoms with Gasteiger partial charge in [0.1, 0.15) is 0 Å². The highest BCUT2D eigenvalue weighted by atomic mass is 35.5. The standard InChI is InChI=1S/C9H18ClN/c1-9-4-7-11(8-9)6-3-2-5-10/h9H,2-8H2,1H3. The number of nitrogens with zero attached hydrogens (tertiary/aromatic N) is 1. The van der Waals surface area contributed by atoms with E-state index >= 15 is 0 Å². The molecule has 1 nitrogen and oxygen atoms in total. The average Bonchev–Trinajstić information content (AvgIpc) is 2.37. The Labute approximate surface area is 74.7 Å². The van der Waals surface area contributed by atoms with Gasteiger partial charge in [-0.05, 0) is 38.3 Å². The zero-order chi connectivity index (χ0) is 8.10. The Kier molecular flexibility index (Phi) is 4.24. The number of unbranched alkanes of at least 4 members (excludes halogenated alkanes) is 1. The predicted octanol–water partition coefficient (Wildman–Crippen LogP) is 2.35. The molecule has 0 N–H and O–H groups in total. The molecule has 66 valence electrons. The van der Waals surface area contributed by atoms with E-state index in [0.717, 1.165) is 11.8 Å². The Morgan fingerprint density at radius 2 is 2.27 bits per heavy atom. The number of alkyl halides is 1. The van der Waals surface area contributed by atoms with Gasteiger partial charge in [-0.15, -0.1) is 11.6 Å². The van der Waals surface area contributed by atoms with Gasteiger partial charge in [-0.3, -0.25) is 0 Å². The summed E-state index contributed by atoms with van der Waals surface area (Å²) in [5, 5.41) is 0. The highest BCUT2D eigenvalue weighted by Gasteiger charge is 2.17. The molecule has 1 fully saturated rings. The summed E-state index contributed by atoms with van der Waals surface area (Å²) in [6.45, 7) is 6.21. The largest absolute Gasteiger partial charge is 0.303 e. The maximum atomic E-state index is 5.60. The number of likely N-dealkylation sites (tertiary alicyclic amines) is 1. The lowest BCUT2D eigenvalue weighted by molar-refractivity contribution is 0.322. The Morgan fingerprint density at radius 1 is 1.45 bits per heavy atom. The number of hydrogen-bond acceptors (Lipinski definition) is 1. The zero-order valence-corrected chi connectivity index (χ0v) is 8.11. The van der Waals surface area contributed by atoms with Crippen molar-refractivity contribution < 1.29 is 0 Å². The van der Waals surface area contributed by atoms with Crippen molar-refractivity contribution in [1.29, 1.82) is 0 Å². The summed E-state index contributed by atoms with van der Waals surface area (Å²) >= 11 is 5.60. The van der Waals surface area contributed by atoms with Crippen LogP contribution in [0.2, 0.25) is 0 Å². The fourth-order valence-electron chi connectivity index (χ4n) is 1.66. The first kappa shape index (κ1) is 9.34. The molecule has 0 aromatic rings. The van der Waals surface area contributed by atoms with Crippen LogP contribution in [0, 0.1) is 5.92 Å². The smallest absolute Gasteiger partial charge is 0.0223 e. The molecular formula is C9H18ClN. The molecule has 11 heavy (non-hydrogen) atoms. The zero-order valence-electron chi connectivity index (χ0n) is 7.35. The number of halogens is 1. The van der Waals surface area contributed by atoms with Crippen molar-refractivity contribution in [2.75, 3.05) is 25.5 Å². The molecule has 1 aliphatic heterocycles. The predicted molar refractivity (Wildman–Crippen MR) is 50.2 cm³/mol. The minimum Gasteiger partial charge on any atom is -0.303 e. The molecule has 0 amide bonds. The van der Waals surface area contributed by atoms with Crippen molar-refractivity contribution in [3.8, 4) is 0 Å². The molecule has 0 radical (unpaired) electrons. The quantitative estimate of drug-likeness (QED) is 0.469. The van der Waals surface area contributed by atoms with Crippen molar-refractivity contribution in [3.63, 3.8) is 0 Å². The van der Waals surface area contributed by atoms with Gasteiger partial charge in [0.15, 0.2) is 0 Å². The molecule has 1 aliphatic rings. The van der Waals surface area contributed by atoms with Gasteiger partial charge in [-0.25, -0.2) is 0 Å². The molecule has 1 heterocycles. The lowest BCUT2D eigenvalue weighted by atomic mass is 10.2. The first-order valence-corrected chi connectivity index (χ1v) is 5.14. The van der Waals surface area contributed by atoms with Gasteiger partial charge in [0.2, 0.25) is 0 Å². The topological polar surface area (TPSA) is 3.24 Å². The summed E-state index contributed by atoms with van der Waals surface area (Å²) in [7, 11) is 0. The first-order valence-electron chi connectivity index (χ1n) is 4.61. The fourth-order valence-corrected chi connectivity index (χ4v) is 1.85. The summed E-state index contributed by atoms with van der Waals surface area (Å²) in [5.74, 6) is 1.75. The minimum absolute atomic E-state index is 0.823. The van der Waals surface area contributed by atoms with E-state index in [-0.39, 0.29) is 0 Å². The van der Waals surface area contributed by atoms with Gasteiger partial charge in [-0.1, -0.05) is 6.92 Å². The van der Waals surface area contributed by atoms with Crippen LogP contribution in [0.25, 0.3) is 0 Å². The maximum Gasteiger partial charge on any atom is 0.0223 e. The summed E-state index contributed by atoms with van der Waals surface area (Å²) in [6, 6.07) is 0. The lowest BCUT2D eigenvalue weighted by Gasteiger charge is -2.13. The van der Waals surface area contributed by atoms with Crippen LogP contribution < -0.4 is 0 Å². The first-order chi connectivity index (χ1) is 5.33. The summed E-state index contributed by atoms with van der Waals surface area (Å²) in [6.07, 6.45) is 3.84. The van der Waals surface area contributed by atoms with Gasteiger partial charge < -0.3 is 4.90 Å². The van der Waals surface area contributed by atoms with Crippen LogP contribution in [0.4, 0.5) is 0 Å². The SMILES string of the molecule is CC1CCN(CCCCCl)C1. The van der Waals surface area contributed by atoms with E-state index in [4.69, 9.17) is 11.6 Å². The molecule has 2 heteroatoms. The minimum atomic E-state index is 0.823. The summed E-state index contributed by atoms with van der Waals surface area (Å²) in [4.78, 5) is 2.55. The summed E-state index contributed by atoms with van der Waals surface area (Å²) < 4.78 is 0. The molecule has 1 saturated heterocycles. The Hall–Kier alpha value is 0.250. The van der Waals surface area contributed by atoms with Crippen LogP contribution >= 0.6 is 11.6 Å². The monoisotopic (exact) mass is 175 g/mol. The third-order valence-electron chi connectivity index (χ3n) is 2.37. The molecule has 0 aliphatic carbocycles. The highest BCUT2D eigenvalue weighted by molar-refractivity contribution is 6.17. The van der Waals surface area contributed by atoms with Crippen LogP contribution in [-0.2, 0) is 0 Å². The van der Waals surface area contributed by atoms with E-state index in [1.807, 2.05) is 0 Å². The average molecular weight is 176 g/mol. The molecule has 0 aromatic heterocycles. The van der Waals surface area contributed by atoms with E-state index in [9.17, 15) is 0 Å². The van der Waals surface area contributed by atoms with E-state index in [1.54, 1.807) is 0 Å². The molecule has 0 bridgehead atoms. The highest BCUT2D eigenvalue weighted by Crippen LogP contribution is 2.15. The number of rotatable bonds is 4. The van der Waals surface area contributed by atoms with Crippen LogP contribution in [0.1, 0.15) is 26.2 Å². The second-order valence-electron chi connectivity index (χ2n) is 3.59. The third kappa shape index (κ3) is 3.44. The van der Waals surface area contributed by atoms with E-state index in [0.29, 0.717) is 0 Å². The van der Waals surface area contributed by atoms with Gasteiger partial charge >= 0.3 is 0 Å².